The quantitative estimate of drug-likeness (QED) is 0.532. The number of hydrogen-bond donors (Lipinski definition) is 0. The van der Waals surface area contributed by atoms with E-state index in [0.29, 0.717) is 13.1 Å². The van der Waals surface area contributed by atoms with E-state index >= 15 is 0 Å². The summed E-state index contributed by atoms with van der Waals surface area (Å²) in [6, 6.07) is 0. The Balaban J connectivity index is 2.32. The zero-order chi connectivity index (χ0) is 12.2. The van der Waals surface area contributed by atoms with Gasteiger partial charge in [-0.3, -0.25) is 8.98 Å². The molecule has 1 fully saturated rings. The molecule has 1 aliphatic heterocycles. The van der Waals surface area contributed by atoms with Crippen molar-refractivity contribution in [2.45, 2.75) is 12.8 Å². The maximum atomic E-state index is 11.3. The number of carbonyl (C=O) groups excluding carboxylic acids is 1. The molecule has 0 N–H and O–H groups in total. The topological polar surface area (TPSA) is 63.7 Å². The van der Waals surface area contributed by atoms with Gasteiger partial charge in [0.1, 0.15) is 0 Å². The van der Waals surface area contributed by atoms with E-state index in [9.17, 15) is 13.2 Å². The van der Waals surface area contributed by atoms with Crippen LogP contribution in [0.3, 0.4) is 0 Å². The second kappa shape index (κ2) is 5.45. The SMILES string of the molecule is C=CC(=O)N1CCC(COS(C)(=O)=O)CC1. The fourth-order valence-electron chi connectivity index (χ4n) is 1.67. The lowest BCUT2D eigenvalue weighted by Crippen LogP contribution is -2.38. The van der Waals surface area contributed by atoms with Gasteiger partial charge in [-0.2, -0.15) is 8.42 Å². The van der Waals surface area contributed by atoms with Crippen molar-refractivity contribution in [1.29, 1.82) is 0 Å². The van der Waals surface area contributed by atoms with E-state index in [1.807, 2.05) is 0 Å². The summed E-state index contributed by atoms with van der Waals surface area (Å²) in [5, 5.41) is 0. The standard InChI is InChI=1S/C10H17NO4S/c1-3-10(12)11-6-4-9(5-7-11)8-15-16(2,13)14/h3,9H,1,4-8H2,2H3. The van der Waals surface area contributed by atoms with Crippen LogP contribution in [0.4, 0.5) is 0 Å². The Morgan fingerprint density at radius 1 is 1.50 bits per heavy atom. The van der Waals surface area contributed by atoms with Crippen LogP contribution in [0.1, 0.15) is 12.8 Å². The summed E-state index contributed by atoms with van der Waals surface area (Å²) in [6.45, 7) is 4.93. The van der Waals surface area contributed by atoms with Crippen molar-refractivity contribution >= 4 is 16.0 Å². The van der Waals surface area contributed by atoms with E-state index in [4.69, 9.17) is 4.18 Å². The highest BCUT2D eigenvalue weighted by molar-refractivity contribution is 7.85. The minimum Gasteiger partial charge on any atom is -0.339 e. The number of rotatable bonds is 4. The highest BCUT2D eigenvalue weighted by Gasteiger charge is 2.22. The molecule has 0 unspecified atom stereocenters. The minimum absolute atomic E-state index is 0.0671. The third kappa shape index (κ3) is 4.32. The number of nitrogens with zero attached hydrogens (tertiary/aromatic N) is 1. The highest BCUT2D eigenvalue weighted by atomic mass is 32.2. The van der Waals surface area contributed by atoms with Crippen molar-refractivity contribution in [2.75, 3.05) is 26.0 Å². The van der Waals surface area contributed by atoms with Gasteiger partial charge in [0.2, 0.25) is 5.91 Å². The highest BCUT2D eigenvalue weighted by Crippen LogP contribution is 2.18. The average molecular weight is 247 g/mol. The fourth-order valence-corrected chi connectivity index (χ4v) is 2.11. The van der Waals surface area contributed by atoms with Gasteiger partial charge < -0.3 is 4.90 Å². The molecule has 0 aromatic heterocycles. The minimum atomic E-state index is -3.35. The van der Waals surface area contributed by atoms with Gasteiger partial charge in [-0.05, 0) is 24.8 Å². The van der Waals surface area contributed by atoms with Crippen molar-refractivity contribution in [3.63, 3.8) is 0 Å². The number of carbonyl (C=O) groups is 1. The lowest BCUT2D eigenvalue weighted by atomic mass is 9.98. The van der Waals surface area contributed by atoms with Crippen LogP contribution in [0.5, 0.6) is 0 Å². The molecule has 6 heteroatoms. The Kier molecular flexibility index (Phi) is 4.49. The normalized spacial score (nSPS) is 18.4. The van der Waals surface area contributed by atoms with Gasteiger partial charge in [0, 0.05) is 13.1 Å². The van der Waals surface area contributed by atoms with E-state index in [1.54, 1.807) is 4.90 Å². The number of likely N-dealkylation sites (tertiary alicyclic amines) is 1. The van der Waals surface area contributed by atoms with Crippen LogP contribution in [0.2, 0.25) is 0 Å². The maximum Gasteiger partial charge on any atom is 0.264 e. The molecule has 0 saturated carbocycles. The number of hydrogen-bond acceptors (Lipinski definition) is 4. The predicted octanol–water partition coefficient (Wildman–Crippen LogP) is 0.387. The first-order valence-electron chi connectivity index (χ1n) is 5.18. The van der Waals surface area contributed by atoms with Gasteiger partial charge in [-0.15, -0.1) is 0 Å². The van der Waals surface area contributed by atoms with Crippen LogP contribution >= 0.6 is 0 Å². The van der Waals surface area contributed by atoms with E-state index in [1.165, 1.54) is 6.08 Å². The summed E-state index contributed by atoms with van der Waals surface area (Å²) in [4.78, 5) is 13.0. The van der Waals surface area contributed by atoms with E-state index in [2.05, 4.69) is 6.58 Å². The monoisotopic (exact) mass is 247 g/mol. The third-order valence-corrected chi connectivity index (χ3v) is 3.18. The van der Waals surface area contributed by atoms with Crippen LogP contribution in [-0.2, 0) is 19.1 Å². The van der Waals surface area contributed by atoms with Crippen LogP contribution in [-0.4, -0.2) is 45.2 Å². The molecule has 0 radical (unpaired) electrons. The Morgan fingerprint density at radius 3 is 2.50 bits per heavy atom. The third-order valence-electron chi connectivity index (χ3n) is 2.62. The van der Waals surface area contributed by atoms with Gasteiger partial charge in [0.15, 0.2) is 0 Å². The smallest absolute Gasteiger partial charge is 0.264 e. The second-order valence-electron chi connectivity index (χ2n) is 3.96. The molecule has 16 heavy (non-hydrogen) atoms. The number of piperidine rings is 1. The summed E-state index contributed by atoms with van der Waals surface area (Å²) in [5.74, 6) is 0.145. The van der Waals surface area contributed by atoms with Gasteiger partial charge in [0.25, 0.3) is 10.1 Å². The largest absolute Gasteiger partial charge is 0.339 e. The molecular formula is C10H17NO4S. The molecular weight excluding hydrogens is 230 g/mol. The van der Waals surface area contributed by atoms with Crippen LogP contribution in [0.25, 0.3) is 0 Å². The Morgan fingerprint density at radius 2 is 2.06 bits per heavy atom. The fraction of sp³-hybridized carbons (Fsp3) is 0.700. The van der Waals surface area contributed by atoms with Crippen LogP contribution in [0, 0.1) is 5.92 Å². The summed E-state index contributed by atoms with van der Waals surface area (Å²) in [6.07, 6.45) is 3.89. The van der Waals surface area contributed by atoms with E-state index in [0.717, 1.165) is 19.1 Å². The second-order valence-corrected chi connectivity index (χ2v) is 5.61. The molecule has 1 rings (SSSR count). The number of amides is 1. The van der Waals surface area contributed by atoms with Crippen molar-refractivity contribution in [1.82, 2.24) is 4.90 Å². The summed E-state index contributed by atoms with van der Waals surface area (Å²) >= 11 is 0. The van der Waals surface area contributed by atoms with Gasteiger partial charge in [-0.1, -0.05) is 6.58 Å². The first-order chi connectivity index (χ1) is 7.42. The molecule has 5 nitrogen and oxygen atoms in total. The van der Waals surface area contributed by atoms with Gasteiger partial charge in [-0.25, -0.2) is 0 Å². The molecule has 1 saturated heterocycles. The maximum absolute atomic E-state index is 11.3. The Labute approximate surface area is 96.2 Å². The predicted molar refractivity (Wildman–Crippen MR) is 60.3 cm³/mol. The molecule has 1 aliphatic rings. The molecule has 0 aromatic carbocycles. The Bertz CT molecular complexity index is 355. The van der Waals surface area contributed by atoms with Crippen molar-refractivity contribution < 1.29 is 17.4 Å². The summed E-state index contributed by atoms with van der Waals surface area (Å²) in [7, 11) is -3.35. The molecule has 1 amide bonds. The summed E-state index contributed by atoms with van der Waals surface area (Å²) in [5.41, 5.74) is 0. The van der Waals surface area contributed by atoms with Gasteiger partial charge >= 0.3 is 0 Å². The van der Waals surface area contributed by atoms with Crippen molar-refractivity contribution in [3.8, 4) is 0 Å². The van der Waals surface area contributed by atoms with Crippen molar-refractivity contribution in [3.05, 3.63) is 12.7 Å². The van der Waals surface area contributed by atoms with Crippen LogP contribution < -0.4 is 0 Å². The molecule has 0 bridgehead atoms. The van der Waals surface area contributed by atoms with Gasteiger partial charge in [0.05, 0.1) is 12.9 Å². The Hall–Kier alpha value is -0.880. The van der Waals surface area contributed by atoms with E-state index < -0.39 is 10.1 Å². The molecule has 0 aliphatic carbocycles. The molecule has 0 spiro atoms. The summed E-state index contributed by atoms with van der Waals surface area (Å²) < 4.78 is 26.3. The lowest BCUT2D eigenvalue weighted by Gasteiger charge is -2.30. The zero-order valence-electron chi connectivity index (χ0n) is 9.39. The lowest BCUT2D eigenvalue weighted by molar-refractivity contribution is -0.127. The molecule has 0 atom stereocenters. The van der Waals surface area contributed by atoms with Crippen LogP contribution in [0.15, 0.2) is 12.7 Å². The first kappa shape index (κ1) is 13.2. The molecule has 1 heterocycles. The van der Waals surface area contributed by atoms with Crippen molar-refractivity contribution in [2.24, 2.45) is 5.92 Å². The average Bonchev–Trinajstić information content (AvgIpc) is 2.25. The molecule has 0 aromatic rings. The zero-order valence-corrected chi connectivity index (χ0v) is 10.2. The van der Waals surface area contributed by atoms with E-state index in [-0.39, 0.29) is 18.4 Å². The molecule has 92 valence electrons. The first-order valence-corrected chi connectivity index (χ1v) is 7.00.